The van der Waals surface area contributed by atoms with Crippen molar-refractivity contribution in [1.29, 1.82) is 5.26 Å². The Hall–Kier alpha value is -5.65. The monoisotopic (exact) mass is 1660 g/mol. The van der Waals surface area contributed by atoms with Crippen LogP contribution in [0.2, 0.25) is 0 Å². The molecule has 0 saturated carbocycles. The molecule has 1 radical (unpaired) electrons. The molecule has 26 nitrogen and oxygen atoms in total. The molecule has 0 aliphatic heterocycles. The molecule has 0 saturated heterocycles. The van der Waals surface area contributed by atoms with Crippen molar-refractivity contribution in [3.8, 4) is 46.5 Å². The Morgan fingerprint density at radius 3 is 0.762 bits per heavy atom. The van der Waals surface area contributed by atoms with Gasteiger partial charge in [-0.25, -0.2) is 18.7 Å². The summed E-state index contributed by atoms with van der Waals surface area (Å²) in [6.07, 6.45) is -2.78. The van der Waals surface area contributed by atoms with Gasteiger partial charge in [0.15, 0.2) is 5.30 Å². The first-order valence-corrected chi connectivity index (χ1v) is 40.7. The summed E-state index contributed by atoms with van der Waals surface area (Å²) in [5.74, 6) is -1.41. The fraction of sp³-hybridized carbons (Fsp3) is 0.500. The number of nitriles is 1. The Kier molecular flexibility index (Phi) is 39.5. The molecule has 0 amide bonds. The summed E-state index contributed by atoms with van der Waals surface area (Å²) >= 11 is 0. The summed E-state index contributed by atoms with van der Waals surface area (Å²) in [5.41, 5.74) is 7.94. The standard InChI is InChI=1S/4C17H25N2O4P.C4H10O.C2H3N.Ce/c4*1-11(2)22-24(21,23-12(3)4)16-14(6)18-19(17(16)20)15-9-7-13(5)8-10-15;1-3-5-4-2;1-2-3;/h3*7-12,20H,1-6H3;7-12,18H,1-6H3;3-4H2,1-2H3;1H3;/q;;;;;;+3/p-3. The summed E-state index contributed by atoms with van der Waals surface area (Å²) in [6, 6.07) is 31.3. The Bertz CT molecular complexity index is 3920. The normalized spacial score (nSPS) is 11.8. The van der Waals surface area contributed by atoms with E-state index in [1.165, 1.54) is 25.7 Å². The van der Waals surface area contributed by atoms with Gasteiger partial charge >= 0.3 is 72.1 Å². The van der Waals surface area contributed by atoms with Crippen LogP contribution in [0.1, 0.15) is 177 Å². The molecule has 0 fully saturated rings. The second-order valence-corrected chi connectivity index (χ2v) is 33.7. The molecular formula is C74H110CeN9O17P4. The number of rotatable bonds is 26. The van der Waals surface area contributed by atoms with E-state index in [0.717, 1.165) is 35.5 Å². The van der Waals surface area contributed by atoms with Crippen LogP contribution in [0.3, 0.4) is 0 Å². The molecule has 0 bridgehead atoms. The number of hydrogen-bond acceptors (Lipinski definition) is 21. The van der Waals surface area contributed by atoms with E-state index in [0.29, 0.717) is 45.5 Å². The molecule has 0 aliphatic carbocycles. The molecule has 4 aromatic heterocycles. The van der Waals surface area contributed by atoms with Crippen LogP contribution in [0.15, 0.2) is 102 Å². The van der Waals surface area contributed by atoms with Gasteiger partial charge in [-0.15, -0.1) is 0 Å². The van der Waals surface area contributed by atoms with Crippen molar-refractivity contribution >= 4 is 51.6 Å². The number of ether oxygens (including phenoxy) is 1. The van der Waals surface area contributed by atoms with Crippen molar-refractivity contribution in [2.45, 2.75) is 236 Å². The topological polar surface area (TPSA) is 336 Å². The average molecular weight is 1660 g/mol. The van der Waals surface area contributed by atoms with E-state index < -0.39 is 53.6 Å². The number of aromatic nitrogens is 8. The first-order chi connectivity index (χ1) is 48.4. The molecule has 0 atom stereocenters. The molecule has 0 aliphatic rings. The number of benzene rings is 4. The van der Waals surface area contributed by atoms with Crippen LogP contribution in [0.25, 0.3) is 22.7 Å². The molecular weight excluding hydrogens is 1550 g/mol. The average Bonchev–Trinajstić information content (AvgIpc) is 1.66. The smallest absolute Gasteiger partial charge is 0.858 e. The van der Waals surface area contributed by atoms with E-state index in [1.54, 1.807) is 181 Å². The van der Waals surface area contributed by atoms with Crippen molar-refractivity contribution in [1.82, 2.24) is 39.1 Å². The van der Waals surface area contributed by atoms with Gasteiger partial charge in [-0.1, -0.05) is 70.8 Å². The number of hydrogen-bond donors (Lipinski definition) is 1. The molecule has 4 aromatic carbocycles. The van der Waals surface area contributed by atoms with Gasteiger partial charge in [0.1, 0.15) is 0 Å². The van der Waals surface area contributed by atoms with Gasteiger partial charge in [-0.2, -0.15) is 20.6 Å². The van der Waals surface area contributed by atoms with Crippen molar-refractivity contribution < 1.29 is 116 Å². The minimum atomic E-state index is -3.76. The Labute approximate surface area is 655 Å². The summed E-state index contributed by atoms with van der Waals surface area (Å²) in [4.78, 5) is 12.9. The van der Waals surface area contributed by atoms with Gasteiger partial charge < -0.3 is 56.2 Å². The van der Waals surface area contributed by atoms with Crippen LogP contribution in [-0.4, -0.2) is 101 Å². The second kappa shape index (κ2) is 43.5. The minimum absolute atomic E-state index is 0. The number of aryl methyl sites for hydroxylation is 8. The Balaban J connectivity index is 0.000000457. The number of aromatic amines is 1. The Morgan fingerprint density at radius 2 is 0.581 bits per heavy atom. The van der Waals surface area contributed by atoms with E-state index in [4.69, 9.17) is 46.2 Å². The zero-order valence-electron chi connectivity index (χ0n) is 66.1. The van der Waals surface area contributed by atoms with E-state index in [9.17, 15) is 38.4 Å². The first kappa shape index (κ1) is 95.4. The van der Waals surface area contributed by atoms with Crippen LogP contribution in [-0.2, 0) is 59.2 Å². The largest absolute Gasteiger partial charge is 3.00 e. The van der Waals surface area contributed by atoms with Crippen LogP contribution >= 0.6 is 30.4 Å². The first-order valence-electron chi connectivity index (χ1n) is 34.6. The third kappa shape index (κ3) is 28.1. The van der Waals surface area contributed by atoms with Crippen LogP contribution in [0.5, 0.6) is 17.6 Å². The number of H-pyrrole nitrogens is 1. The molecule has 0 spiro atoms. The maximum absolute atomic E-state index is 13.3. The second-order valence-electron chi connectivity index (χ2n) is 26.2. The van der Waals surface area contributed by atoms with Gasteiger partial charge in [-0.05, 0) is 229 Å². The van der Waals surface area contributed by atoms with E-state index in [1.807, 2.05) is 102 Å². The van der Waals surface area contributed by atoms with E-state index in [-0.39, 0.29) is 112 Å². The molecule has 4 heterocycles. The fourth-order valence-corrected chi connectivity index (χ4v) is 18.3. The molecule has 31 heteroatoms. The van der Waals surface area contributed by atoms with Crippen LogP contribution in [0.4, 0.5) is 0 Å². The maximum atomic E-state index is 13.3. The third-order valence-electron chi connectivity index (χ3n) is 13.4. The minimum Gasteiger partial charge on any atom is -0.858 e. The number of nitrogens with zero attached hydrogens (tertiary/aromatic N) is 8. The maximum Gasteiger partial charge on any atom is 3.00 e. The van der Waals surface area contributed by atoms with Gasteiger partial charge in [0, 0.05) is 37.8 Å². The molecule has 105 heavy (non-hydrogen) atoms. The zero-order valence-corrected chi connectivity index (χ0v) is 72.8. The van der Waals surface area contributed by atoms with Gasteiger partial charge in [0.25, 0.3) is 5.56 Å². The molecule has 577 valence electrons. The van der Waals surface area contributed by atoms with Crippen molar-refractivity contribution in [3.63, 3.8) is 0 Å². The number of nitrogens with one attached hydrogen (secondary N) is 1. The fourth-order valence-electron chi connectivity index (χ4n) is 9.70. The quantitative estimate of drug-likeness (QED) is 0.0492. The Morgan fingerprint density at radius 1 is 0.390 bits per heavy atom. The van der Waals surface area contributed by atoms with E-state index in [2.05, 4.69) is 20.4 Å². The zero-order chi connectivity index (χ0) is 79.1. The van der Waals surface area contributed by atoms with E-state index >= 15 is 0 Å². The van der Waals surface area contributed by atoms with Crippen molar-refractivity contribution in [3.05, 3.63) is 152 Å². The van der Waals surface area contributed by atoms with Gasteiger partial charge in [0.05, 0.1) is 116 Å². The van der Waals surface area contributed by atoms with Crippen LogP contribution in [0, 0.1) is 108 Å². The van der Waals surface area contributed by atoms with Crippen molar-refractivity contribution in [2.75, 3.05) is 13.2 Å². The third-order valence-corrected chi connectivity index (χ3v) is 23.3. The molecule has 8 rings (SSSR count). The summed E-state index contributed by atoms with van der Waals surface area (Å²) in [5, 5.41) is 61.7. The van der Waals surface area contributed by atoms with Gasteiger partial charge in [0.2, 0.25) is 0 Å². The summed E-state index contributed by atoms with van der Waals surface area (Å²) in [6.45, 7) is 49.6. The predicted molar refractivity (Wildman–Crippen MR) is 405 cm³/mol. The SMILES string of the molecule is CC#N.CCOCC.Cc1ccc(-n2[nH]c(C)c(P(=O)(OC(C)C)OC(C)C)c2=O)cc1.Cc1ccc(-n2nc(C)c(P(=O)(OC(C)C)OC(C)C)c2[O-])cc1.Cc1ccc(-n2nc(C)c(P(=O)(OC(C)C)OC(C)C)c2[O-])cc1.Cc1ccc(-n2nc(C)c(P(=O)(OC(C)C)OC(C)C)c2[O-])cc1.[Ce+3]. The summed E-state index contributed by atoms with van der Waals surface area (Å²) < 4.78 is 107. The summed E-state index contributed by atoms with van der Waals surface area (Å²) in [7, 11) is -15.0. The predicted octanol–water partition coefficient (Wildman–Crippen LogP) is 14.7. The molecule has 1 N–H and O–H groups in total. The van der Waals surface area contributed by atoms with Gasteiger partial charge in [-0.3, -0.25) is 28.2 Å². The van der Waals surface area contributed by atoms with Crippen LogP contribution < -0.4 is 42.1 Å². The molecule has 8 aromatic rings. The van der Waals surface area contributed by atoms with Crippen molar-refractivity contribution in [2.24, 2.45) is 0 Å². The molecule has 0 unspecified atom stereocenters.